The molecule has 4 rings (SSSR count). The van der Waals surface area contributed by atoms with Gasteiger partial charge in [0.15, 0.2) is 11.5 Å². The number of aromatic nitrogens is 2. The molecule has 0 aliphatic carbocycles. The van der Waals surface area contributed by atoms with Gasteiger partial charge in [-0.1, -0.05) is 30.3 Å². The van der Waals surface area contributed by atoms with Gasteiger partial charge in [0.2, 0.25) is 5.75 Å². The number of amides is 1. The molecule has 8 nitrogen and oxygen atoms in total. The van der Waals surface area contributed by atoms with Crippen molar-refractivity contribution in [1.29, 1.82) is 0 Å². The van der Waals surface area contributed by atoms with Crippen LogP contribution >= 0.6 is 0 Å². The van der Waals surface area contributed by atoms with E-state index in [1.54, 1.807) is 24.1 Å². The molecular weight excluding hydrogens is 398 g/mol. The second-order valence-electron chi connectivity index (χ2n) is 7.25. The van der Waals surface area contributed by atoms with Crippen LogP contribution in [0.15, 0.2) is 42.5 Å². The number of carbonyl (C=O) groups excluding carboxylic acids is 1. The van der Waals surface area contributed by atoms with Gasteiger partial charge in [-0.25, -0.2) is 0 Å². The second-order valence-corrected chi connectivity index (χ2v) is 7.25. The van der Waals surface area contributed by atoms with Gasteiger partial charge in [-0.3, -0.25) is 9.89 Å². The summed E-state index contributed by atoms with van der Waals surface area (Å²) in [6.07, 6.45) is 0.684. The van der Waals surface area contributed by atoms with Crippen LogP contribution in [-0.4, -0.2) is 60.6 Å². The summed E-state index contributed by atoms with van der Waals surface area (Å²) in [5, 5.41) is 17.8. The van der Waals surface area contributed by atoms with E-state index in [2.05, 4.69) is 10.2 Å². The fourth-order valence-electron chi connectivity index (χ4n) is 4.04. The lowest BCUT2D eigenvalue weighted by Crippen LogP contribution is -2.31. The fraction of sp³-hybridized carbons (Fsp3) is 0.304. The normalized spacial score (nSPS) is 15.3. The molecule has 0 saturated heterocycles. The number of aromatic amines is 1. The average molecular weight is 423 g/mol. The van der Waals surface area contributed by atoms with Crippen LogP contribution in [0.4, 0.5) is 0 Å². The number of carbonyl (C=O) groups is 1. The number of aromatic hydroxyl groups is 1. The molecule has 31 heavy (non-hydrogen) atoms. The average Bonchev–Trinajstić information content (AvgIpc) is 3.34. The third kappa shape index (κ3) is 3.59. The molecule has 1 atom stereocenters. The van der Waals surface area contributed by atoms with Gasteiger partial charge in [-0.2, -0.15) is 5.10 Å². The Hall–Kier alpha value is -3.52. The van der Waals surface area contributed by atoms with Crippen molar-refractivity contribution >= 4 is 5.91 Å². The maximum absolute atomic E-state index is 13.3. The third-order valence-electron chi connectivity index (χ3n) is 5.48. The van der Waals surface area contributed by atoms with Gasteiger partial charge in [0, 0.05) is 31.4 Å². The van der Waals surface area contributed by atoms with Crippen molar-refractivity contribution in [2.45, 2.75) is 12.5 Å². The van der Waals surface area contributed by atoms with E-state index in [0.717, 1.165) is 16.7 Å². The van der Waals surface area contributed by atoms with Gasteiger partial charge < -0.3 is 24.2 Å². The fourth-order valence-corrected chi connectivity index (χ4v) is 4.04. The summed E-state index contributed by atoms with van der Waals surface area (Å²) in [5.41, 5.74) is 3.65. The van der Waals surface area contributed by atoms with Gasteiger partial charge in [0.05, 0.1) is 26.0 Å². The van der Waals surface area contributed by atoms with Crippen molar-refractivity contribution in [2.24, 2.45) is 0 Å². The summed E-state index contributed by atoms with van der Waals surface area (Å²) in [5.74, 6) is 0.338. The van der Waals surface area contributed by atoms with Gasteiger partial charge in [-0.05, 0) is 24.1 Å². The number of ether oxygens (including phenoxy) is 3. The van der Waals surface area contributed by atoms with Crippen molar-refractivity contribution in [1.82, 2.24) is 15.1 Å². The van der Waals surface area contributed by atoms with Crippen molar-refractivity contribution < 1.29 is 24.1 Å². The maximum Gasteiger partial charge on any atom is 0.273 e. The number of H-pyrrole nitrogens is 1. The number of nitrogens with one attached hydrogen (secondary N) is 1. The minimum atomic E-state index is -0.420. The highest BCUT2D eigenvalue weighted by Crippen LogP contribution is 2.46. The van der Waals surface area contributed by atoms with Crippen LogP contribution in [-0.2, 0) is 4.74 Å². The molecule has 1 unspecified atom stereocenters. The molecule has 3 aromatic rings. The van der Waals surface area contributed by atoms with Crippen LogP contribution < -0.4 is 9.47 Å². The number of phenolic OH excluding ortho intramolecular Hbond substituents is 1. The first-order chi connectivity index (χ1) is 15.1. The molecule has 1 amide bonds. The quantitative estimate of drug-likeness (QED) is 0.539. The van der Waals surface area contributed by atoms with Gasteiger partial charge in [0.25, 0.3) is 5.91 Å². The molecular formula is C23H25N3O5. The standard InChI is InChI=1S/C23H25N3O5/c1-29-11-7-10-26-21(15-12-16(30-2)22(27)17(13-15)31-3)18-19(14-8-5-4-6-9-14)24-25-20(18)23(26)28/h4-6,8-9,12-13,21,27H,7,10-11H2,1-3H3,(H,24,25). The van der Waals surface area contributed by atoms with E-state index in [4.69, 9.17) is 14.2 Å². The molecule has 0 spiro atoms. The number of methoxy groups -OCH3 is 3. The molecule has 0 saturated carbocycles. The van der Waals surface area contributed by atoms with Crippen molar-refractivity contribution in [3.8, 4) is 28.5 Å². The van der Waals surface area contributed by atoms with Gasteiger partial charge >= 0.3 is 0 Å². The zero-order chi connectivity index (χ0) is 22.0. The largest absolute Gasteiger partial charge is 0.502 e. The summed E-state index contributed by atoms with van der Waals surface area (Å²) in [7, 11) is 4.60. The van der Waals surface area contributed by atoms with Crippen LogP contribution in [0, 0.1) is 0 Å². The van der Waals surface area contributed by atoms with E-state index in [-0.39, 0.29) is 23.2 Å². The van der Waals surface area contributed by atoms with Crippen LogP contribution in [0.5, 0.6) is 17.2 Å². The zero-order valence-corrected chi connectivity index (χ0v) is 17.7. The monoisotopic (exact) mass is 423 g/mol. The Bertz CT molecular complexity index is 1060. The summed E-state index contributed by atoms with van der Waals surface area (Å²) in [6, 6.07) is 12.8. The Labute approximate surface area is 180 Å². The number of rotatable bonds is 8. The molecule has 1 aliphatic rings. The lowest BCUT2D eigenvalue weighted by Gasteiger charge is -2.27. The zero-order valence-electron chi connectivity index (χ0n) is 17.7. The van der Waals surface area contributed by atoms with Crippen molar-refractivity contribution in [2.75, 3.05) is 34.5 Å². The van der Waals surface area contributed by atoms with E-state index in [1.165, 1.54) is 14.2 Å². The third-order valence-corrected chi connectivity index (χ3v) is 5.48. The Kier molecular flexibility index (Phi) is 5.81. The molecule has 0 bridgehead atoms. The highest BCUT2D eigenvalue weighted by atomic mass is 16.5. The smallest absolute Gasteiger partial charge is 0.273 e. The Balaban J connectivity index is 1.88. The molecule has 8 heteroatoms. The highest BCUT2D eigenvalue weighted by Gasteiger charge is 2.42. The van der Waals surface area contributed by atoms with Crippen molar-refractivity contribution in [3.63, 3.8) is 0 Å². The first-order valence-electron chi connectivity index (χ1n) is 9.99. The Morgan fingerprint density at radius 1 is 1.10 bits per heavy atom. The summed E-state index contributed by atoms with van der Waals surface area (Å²) < 4.78 is 15.9. The molecule has 1 aromatic heterocycles. The number of hydrogen-bond acceptors (Lipinski definition) is 6. The topological polar surface area (TPSA) is 96.9 Å². The number of phenols is 1. The van der Waals surface area contributed by atoms with E-state index >= 15 is 0 Å². The van der Waals surface area contributed by atoms with E-state index in [1.807, 2.05) is 30.3 Å². The highest BCUT2D eigenvalue weighted by molar-refractivity contribution is 6.00. The first kappa shape index (κ1) is 20.7. The van der Waals surface area contributed by atoms with Gasteiger partial charge in [-0.15, -0.1) is 0 Å². The van der Waals surface area contributed by atoms with Crippen LogP contribution in [0.2, 0.25) is 0 Å². The Morgan fingerprint density at radius 2 is 1.77 bits per heavy atom. The lowest BCUT2D eigenvalue weighted by atomic mass is 9.95. The number of nitrogens with zero attached hydrogens (tertiary/aromatic N) is 2. The van der Waals surface area contributed by atoms with Gasteiger partial charge in [0.1, 0.15) is 5.69 Å². The summed E-state index contributed by atoms with van der Waals surface area (Å²) in [6.45, 7) is 1.04. The molecule has 0 fully saturated rings. The minimum absolute atomic E-state index is 0.0836. The van der Waals surface area contributed by atoms with E-state index in [0.29, 0.717) is 31.0 Å². The number of fused-ring (bicyclic) bond motifs is 1. The SMILES string of the molecule is COCCCN1C(=O)c2[nH]nc(-c3ccccc3)c2C1c1cc(OC)c(O)c(OC)c1. The first-order valence-corrected chi connectivity index (χ1v) is 9.99. The molecule has 162 valence electrons. The molecule has 0 radical (unpaired) electrons. The number of benzene rings is 2. The van der Waals surface area contributed by atoms with E-state index < -0.39 is 6.04 Å². The molecule has 2 aromatic carbocycles. The lowest BCUT2D eigenvalue weighted by molar-refractivity contribution is 0.0723. The minimum Gasteiger partial charge on any atom is -0.502 e. The Morgan fingerprint density at radius 3 is 2.39 bits per heavy atom. The second kappa shape index (κ2) is 8.69. The molecule has 2 N–H and O–H groups in total. The van der Waals surface area contributed by atoms with E-state index in [9.17, 15) is 9.90 Å². The molecule has 1 aliphatic heterocycles. The van der Waals surface area contributed by atoms with Crippen LogP contribution in [0.3, 0.4) is 0 Å². The maximum atomic E-state index is 13.3. The number of hydrogen-bond donors (Lipinski definition) is 2. The molecule has 2 heterocycles. The van der Waals surface area contributed by atoms with Crippen molar-refractivity contribution in [3.05, 3.63) is 59.3 Å². The van der Waals surface area contributed by atoms with Crippen LogP contribution in [0.1, 0.15) is 34.1 Å². The van der Waals surface area contributed by atoms with Crippen LogP contribution in [0.25, 0.3) is 11.3 Å². The predicted octanol–water partition coefficient (Wildman–Crippen LogP) is 3.38. The summed E-state index contributed by atoms with van der Waals surface area (Å²) >= 11 is 0. The predicted molar refractivity (Wildman–Crippen MR) is 115 cm³/mol. The summed E-state index contributed by atoms with van der Waals surface area (Å²) in [4.78, 5) is 15.1.